The van der Waals surface area contributed by atoms with Crippen molar-refractivity contribution in [2.24, 2.45) is 11.5 Å². The maximum atomic E-state index is 10.7. The van der Waals surface area contributed by atoms with E-state index >= 15 is 0 Å². The van der Waals surface area contributed by atoms with Gasteiger partial charge in [0.25, 0.3) is 0 Å². The average molecular weight is 215 g/mol. The molecule has 0 radical (unpaired) electrons. The molecule has 0 bridgehead atoms. The second-order valence-electron chi connectivity index (χ2n) is 4.39. The number of nitrogens with one attached hydrogen (secondary N) is 1. The van der Waals surface area contributed by atoms with Crippen molar-refractivity contribution in [1.29, 1.82) is 0 Å². The molecule has 0 aliphatic carbocycles. The number of amides is 1. The van der Waals surface area contributed by atoms with Crippen molar-refractivity contribution < 1.29 is 9.53 Å². The zero-order valence-corrected chi connectivity index (χ0v) is 9.29. The monoisotopic (exact) mass is 215 g/mol. The van der Waals surface area contributed by atoms with Crippen molar-refractivity contribution in [2.45, 2.75) is 37.8 Å². The fourth-order valence-corrected chi connectivity index (χ4v) is 1.82. The quantitative estimate of drug-likeness (QED) is 0.549. The fraction of sp³-hybridized carbons (Fsp3) is 0.900. The van der Waals surface area contributed by atoms with Crippen LogP contribution in [0.2, 0.25) is 0 Å². The lowest BCUT2D eigenvalue weighted by Gasteiger charge is -2.26. The van der Waals surface area contributed by atoms with E-state index in [0.29, 0.717) is 6.54 Å². The summed E-state index contributed by atoms with van der Waals surface area (Å²) in [5, 5.41) is 3.23. The van der Waals surface area contributed by atoms with E-state index in [1.165, 1.54) is 0 Å². The molecule has 0 aromatic carbocycles. The molecule has 5 heteroatoms. The lowest BCUT2D eigenvalue weighted by atomic mass is 10.0. The minimum absolute atomic E-state index is 0.0384. The highest BCUT2D eigenvalue weighted by molar-refractivity contribution is 5.74. The second-order valence-corrected chi connectivity index (χ2v) is 4.39. The summed E-state index contributed by atoms with van der Waals surface area (Å²) >= 11 is 0. The van der Waals surface area contributed by atoms with Crippen LogP contribution in [0.3, 0.4) is 0 Å². The summed E-state index contributed by atoms with van der Waals surface area (Å²) in [6.45, 7) is 4.04. The Labute approximate surface area is 90.5 Å². The van der Waals surface area contributed by atoms with Crippen molar-refractivity contribution in [3.8, 4) is 0 Å². The van der Waals surface area contributed by atoms with Gasteiger partial charge in [-0.15, -0.1) is 0 Å². The normalized spacial score (nSPS) is 27.9. The summed E-state index contributed by atoms with van der Waals surface area (Å²) in [7, 11) is 0. The molecule has 5 nitrogen and oxygen atoms in total. The standard InChI is InChI=1S/C10H21N3O2/c1-10(3-2-4-15-10)7-13-8(6-11)5-9(12)14/h8,13H,2-7,11H2,1H3,(H2,12,14). The predicted octanol–water partition coefficient (Wildman–Crippen LogP) is -0.652. The van der Waals surface area contributed by atoms with Gasteiger partial charge in [0.05, 0.1) is 5.60 Å². The Morgan fingerprint density at radius 1 is 1.67 bits per heavy atom. The minimum Gasteiger partial charge on any atom is -0.374 e. The van der Waals surface area contributed by atoms with E-state index in [-0.39, 0.29) is 24.0 Å². The number of nitrogens with two attached hydrogens (primary N) is 2. The number of hydrogen-bond acceptors (Lipinski definition) is 4. The summed E-state index contributed by atoms with van der Waals surface area (Å²) in [6, 6.07) is -0.0384. The van der Waals surface area contributed by atoms with E-state index in [1.54, 1.807) is 0 Å². The van der Waals surface area contributed by atoms with E-state index in [4.69, 9.17) is 16.2 Å². The molecule has 15 heavy (non-hydrogen) atoms. The molecule has 2 unspecified atom stereocenters. The Morgan fingerprint density at radius 2 is 2.40 bits per heavy atom. The number of hydrogen-bond donors (Lipinski definition) is 3. The van der Waals surface area contributed by atoms with Gasteiger partial charge in [-0.3, -0.25) is 4.79 Å². The molecule has 0 spiro atoms. The van der Waals surface area contributed by atoms with Gasteiger partial charge in [0.15, 0.2) is 0 Å². The number of ether oxygens (including phenoxy) is 1. The van der Waals surface area contributed by atoms with Crippen LogP contribution in [-0.2, 0) is 9.53 Å². The summed E-state index contributed by atoms with van der Waals surface area (Å²) in [4.78, 5) is 10.7. The molecule has 1 aliphatic heterocycles. The van der Waals surface area contributed by atoms with Crippen LogP contribution in [-0.4, -0.2) is 37.2 Å². The van der Waals surface area contributed by atoms with Crippen LogP contribution < -0.4 is 16.8 Å². The molecular formula is C10H21N3O2. The van der Waals surface area contributed by atoms with Crippen LogP contribution in [0.1, 0.15) is 26.2 Å². The first-order valence-electron chi connectivity index (χ1n) is 5.41. The van der Waals surface area contributed by atoms with Crippen molar-refractivity contribution in [2.75, 3.05) is 19.7 Å². The summed E-state index contributed by atoms with van der Waals surface area (Å²) in [5.74, 6) is -0.324. The Morgan fingerprint density at radius 3 is 2.87 bits per heavy atom. The predicted molar refractivity (Wildman–Crippen MR) is 58.2 cm³/mol. The van der Waals surface area contributed by atoms with E-state index in [1.807, 2.05) is 0 Å². The van der Waals surface area contributed by atoms with Gasteiger partial charge in [-0.1, -0.05) is 0 Å². The molecule has 5 N–H and O–H groups in total. The smallest absolute Gasteiger partial charge is 0.219 e. The molecule has 1 aliphatic rings. The topological polar surface area (TPSA) is 90.4 Å². The van der Waals surface area contributed by atoms with Gasteiger partial charge < -0.3 is 21.5 Å². The molecule has 1 heterocycles. The molecule has 0 aromatic rings. The van der Waals surface area contributed by atoms with Crippen LogP contribution in [0.15, 0.2) is 0 Å². The molecule has 88 valence electrons. The van der Waals surface area contributed by atoms with E-state index in [2.05, 4.69) is 12.2 Å². The SMILES string of the molecule is CC1(CNC(CN)CC(N)=O)CCCO1. The van der Waals surface area contributed by atoms with E-state index in [0.717, 1.165) is 26.0 Å². The third-order valence-corrected chi connectivity index (χ3v) is 2.80. The third-order valence-electron chi connectivity index (χ3n) is 2.80. The number of primary amides is 1. The summed E-state index contributed by atoms with van der Waals surface area (Å²) in [5.41, 5.74) is 10.6. The lowest BCUT2D eigenvalue weighted by Crippen LogP contribution is -2.46. The third kappa shape index (κ3) is 4.15. The molecule has 2 atom stereocenters. The number of carbonyl (C=O) groups excluding carboxylic acids is 1. The lowest BCUT2D eigenvalue weighted by molar-refractivity contribution is -0.118. The highest BCUT2D eigenvalue weighted by Crippen LogP contribution is 2.23. The van der Waals surface area contributed by atoms with E-state index < -0.39 is 0 Å². The Bertz CT molecular complexity index is 215. The first-order valence-corrected chi connectivity index (χ1v) is 5.41. The minimum atomic E-state index is -0.324. The van der Waals surface area contributed by atoms with Crippen molar-refractivity contribution >= 4 is 5.91 Å². The average Bonchev–Trinajstić information content (AvgIpc) is 2.60. The van der Waals surface area contributed by atoms with Gasteiger partial charge in [-0.05, 0) is 19.8 Å². The van der Waals surface area contributed by atoms with Crippen LogP contribution in [0.4, 0.5) is 0 Å². The van der Waals surface area contributed by atoms with Gasteiger partial charge in [0, 0.05) is 32.2 Å². The van der Waals surface area contributed by atoms with Gasteiger partial charge in [0.2, 0.25) is 5.91 Å². The Kier molecular flexibility index (Phi) is 4.50. The zero-order valence-electron chi connectivity index (χ0n) is 9.29. The van der Waals surface area contributed by atoms with Crippen molar-refractivity contribution in [3.05, 3.63) is 0 Å². The van der Waals surface area contributed by atoms with Crippen LogP contribution in [0.25, 0.3) is 0 Å². The number of rotatable bonds is 6. The largest absolute Gasteiger partial charge is 0.374 e. The molecule has 0 aromatic heterocycles. The molecular weight excluding hydrogens is 194 g/mol. The highest BCUT2D eigenvalue weighted by atomic mass is 16.5. The molecule has 1 saturated heterocycles. The van der Waals surface area contributed by atoms with Gasteiger partial charge in [-0.2, -0.15) is 0 Å². The number of carbonyl (C=O) groups is 1. The Hall–Kier alpha value is -0.650. The Balaban J connectivity index is 2.29. The first-order chi connectivity index (χ1) is 7.06. The fourth-order valence-electron chi connectivity index (χ4n) is 1.82. The maximum Gasteiger partial charge on any atom is 0.219 e. The maximum absolute atomic E-state index is 10.7. The second kappa shape index (κ2) is 5.44. The van der Waals surface area contributed by atoms with E-state index in [9.17, 15) is 4.79 Å². The molecule has 1 rings (SSSR count). The van der Waals surface area contributed by atoms with Crippen LogP contribution >= 0.6 is 0 Å². The van der Waals surface area contributed by atoms with Crippen LogP contribution in [0, 0.1) is 0 Å². The van der Waals surface area contributed by atoms with Crippen LogP contribution in [0.5, 0.6) is 0 Å². The molecule has 1 amide bonds. The summed E-state index contributed by atoms with van der Waals surface area (Å²) in [6.07, 6.45) is 2.43. The van der Waals surface area contributed by atoms with Gasteiger partial charge in [0.1, 0.15) is 0 Å². The van der Waals surface area contributed by atoms with Gasteiger partial charge in [-0.25, -0.2) is 0 Å². The first kappa shape index (κ1) is 12.4. The molecule has 0 saturated carbocycles. The highest BCUT2D eigenvalue weighted by Gasteiger charge is 2.30. The summed E-state index contributed by atoms with van der Waals surface area (Å²) < 4.78 is 5.62. The van der Waals surface area contributed by atoms with Crippen molar-refractivity contribution in [1.82, 2.24) is 5.32 Å². The molecule has 1 fully saturated rings. The van der Waals surface area contributed by atoms with Gasteiger partial charge >= 0.3 is 0 Å². The van der Waals surface area contributed by atoms with Crippen molar-refractivity contribution in [3.63, 3.8) is 0 Å². The zero-order chi connectivity index (χ0) is 11.3.